The molecule has 2 heterocycles. The number of hydrogen-bond donors (Lipinski definition) is 1. The number of fused-ring (bicyclic) bond motifs is 2. The number of thioether (sulfide) groups is 1. The molecule has 0 saturated carbocycles. The van der Waals surface area contributed by atoms with Crippen LogP contribution in [-0.2, 0) is 12.8 Å². The molecule has 1 N–H and O–H groups in total. The molecule has 1 nitrogen and oxygen atoms in total. The summed E-state index contributed by atoms with van der Waals surface area (Å²) in [5, 5.41) is 4.37. The third-order valence-corrected chi connectivity index (χ3v) is 5.37. The fourth-order valence-electron chi connectivity index (χ4n) is 2.98. The Hall–Kier alpha value is -1.41. The number of para-hydroxylation sites is 1. The summed E-state index contributed by atoms with van der Waals surface area (Å²) in [7, 11) is 0. The summed E-state index contributed by atoms with van der Waals surface area (Å²) in [4.78, 5) is 1.47. The summed E-state index contributed by atoms with van der Waals surface area (Å²) < 4.78 is 0. The van der Waals surface area contributed by atoms with Crippen molar-refractivity contribution < 1.29 is 0 Å². The van der Waals surface area contributed by atoms with Crippen LogP contribution >= 0.6 is 11.8 Å². The van der Waals surface area contributed by atoms with E-state index >= 15 is 0 Å². The van der Waals surface area contributed by atoms with Crippen LogP contribution < -0.4 is 5.32 Å². The molecule has 2 aliphatic heterocycles. The first-order valence-electron chi connectivity index (χ1n) is 6.49. The summed E-state index contributed by atoms with van der Waals surface area (Å²) in [5.74, 6) is 0. The molecular formula is C16H15NS. The SMILES string of the molecule is c1ccc2c(c1)CC(C1Cc3ccccc3S1)N2. The highest BCUT2D eigenvalue weighted by atomic mass is 32.2. The van der Waals surface area contributed by atoms with Gasteiger partial charge < -0.3 is 5.32 Å². The van der Waals surface area contributed by atoms with Crippen LogP contribution in [-0.4, -0.2) is 11.3 Å². The predicted octanol–water partition coefficient (Wildman–Crippen LogP) is 3.74. The van der Waals surface area contributed by atoms with E-state index in [2.05, 4.69) is 53.8 Å². The van der Waals surface area contributed by atoms with Crippen molar-refractivity contribution in [1.82, 2.24) is 0 Å². The lowest BCUT2D eigenvalue weighted by molar-refractivity contribution is 0.701. The Balaban J connectivity index is 1.56. The van der Waals surface area contributed by atoms with Gasteiger partial charge in [0.05, 0.1) is 0 Å². The van der Waals surface area contributed by atoms with Gasteiger partial charge in [0.1, 0.15) is 0 Å². The third-order valence-electron chi connectivity index (χ3n) is 3.92. The lowest BCUT2D eigenvalue weighted by Gasteiger charge is -2.18. The first-order chi connectivity index (χ1) is 8.90. The van der Waals surface area contributed by atoms with Gasteiger partial charge in [-0.15, -0.1) is 11.8 Å². The van der Waals surface area contributed by atoms with Crippen LogP contribution in [0.15, 0.2) is 53.4 Å². The molecule has 4 rings (SSSR count). The van der Waals surface area contributed by atoms with Crippen LogP contribution in [0.5, 0.6) is 0 Å². The Labute approximate surface area is 112 Å². The molecule has 2 aliphatic rings. The Morgan fingerprint density at radius 3 is 2.50 bits per heavy atom. The minimum atomic E-state index is 0.583. The molecule has 0 amide bonds. The van der Waals surface area contributed by atoms with Crippen LogP contribution in [0.25, 0.3) is 0 Å². The van der Waals surface area contributed by atoms with Crippen LogP contribution in [0.1, 0.15) is 11.1 Å². The summed E-state index contributed by atoms with van der Waals surface area (Å²) in [5.41, 5.74) is 4.32. The topological polar surface area (TPSA) is 12.0 Å². The molecule has 0 aromatic heterocycles. The highest BCUT2D eigenvalue weighted by Gasteiger charge is 2.32. The number of nitrogens with one attached hydrogen (secondary N) is 1. The molecule has 0 spiro atoms. The van der Waals surface area contributed by atoms with Gasteiger partial charge in [0.15, 0.2) is 0 Å². The molecule has 2 atom stereocenters. The molecule has 90 valence electrons. The molecule has 0 bridgehead atoms. The molecular weight excluding hydrogens is 238 g/mol. The second kappa shape index (κ2) is 4.06. The Morgan fingerprint density at radius 2 is 1.67 bits per heavy atom. The van der Waals surface area contributed by atoms with E-state index in [0.717, 1.165) is 0 Å². The van der Waals surface area contributed by atoms with E-state index in [9.17, 15) is 0 Å². The van der Waals surface area contributed by atoms with Crippen molar-refractivity contribution in [2.24, 2.45) is 0 Å². The minimum absolute atomic E-state index is 0.583. The zero-order chi connectivity index (χ0) is 11.9. The number of rotatable bonds is 1. The van der Waals surface area contributed by atoms with Crippen molar-refractivity contribution in [2.75, 3.05) is 5.32 Å². The molecule has 0 saturated heterocycles. The number of anilines is 1. The Morgan fingerprint density at radius 1 is 0.889 bits per heavy atom. The molecule has 18 heavy (non-hydrogen) atoms. The van der Waals surface area contributed by atoms with Crippen LogP contribution in [0, 0.1) is 0 Å². The van der Waals surface area contributed by atoms with Crippen molar-refractivity contribution in [1.29, 1.82) is 0 Å². The standard InChI is InChI=1S/C16H15NS/c1-3-7-13-11(5-1)9-14(17-13)16-10-12-6-2-4-8-15(12)18-16/h1-8,14,16-17H,9-10H2. The molecule has 0 aliphatic carbocycles. The van der Waals surface area contributed by atoms with Crippen LogP contribution in [0.4, 0.5) is 5.69 Å². The third kappa shape index (κ3) is 1.64. The summed E-state index contributed by atoms with van der Waals surface area (Å²) in [6.45, 7) is 0. The first kappa shape index (κ1) is 10.5. The van der Waals surface area contributed by atoms with E-state index in [4.69, 9.17) is 0 Å². The molecule has 0 radical (unpaired) electrons. The number of hydrogen-bond acceptors (Lipinski definition) is 2. The van der Waals surface area contributed by atoms with Gasteiger partial charge in [-0.3, -0.25) is 0 Å². The van der Waals surface area contributed by atoms with Gasteiger partial charge >= 0.3 is 0 Å². The lowest BCUT2D eigenvalue weighted by atomic mass is 10.0. The van der Waals surface area contributed by atoms with Gasteiger partial charge in [-0.25, -0.2) is 0 Å². The van der Waals surface area contributed by atoms with E-state index in [1.165, 1.54) is 34.6 Å². The molecule has 2 unspecified atom stereocenters. The van der Waals surface area contributed by atoms with Crippen LogP contribution in [0.2, 0.25) is 0 Å². The summed E-state index contributed by atoms with van der Waals surface area (Å²) in [6.07, 6.45) is 2.37. The van der Waals surface area contributed by atoms with Gasteiger partial charge in [-0.05, 0) is 36.1 Å². The van der Waals surface area contributed by atoms with E-state index in [1.807, 2.05) is 11.8 Å². The van der Waals surface area contributed by atoms with Gasteiger partial charge in [0, 0.05) is 21.9 Å². The second-order valence-electron chi connectivity index (χ2n) is 5.08. The van der Waals surface area contributed by atoms with Gasteiger partial charge in [0.25, 0.3) is 0 Å². The van der Waals surface area contributed by atoms with E-state index in [1.54, 1.807) is 0 Å². The van der Waals surface area contributed by atoms with E-state index in [-0.39, 0.29) is 0 Å². The fourth-order valence-corrected chi connectivity index (χ4v) is 4.36. The quantitative estimate of drug-likeness (QED) is 0.831. The average molecular weight is 253 g/mol. The number of benzene rings is 2. The lowest BCUT2D eigenvalue weighted by Crippen LogP contribution is -2.28. The monoisotopic (exact) mass is 253 g/mol. The maximum Gasteiger partial charge on any atom is 0.0427 e. The van der Waals surface area contributed by atoms with E-state index < -0.39 is 0 Å². The van der Waals surface area contributed by atoms with E-state index in [0.29, 0.717) is 11.3 Å². The highest BCUT2D eigenvalue weighted by molar-refractivity contribution is 8.00. The van der Waals surface area contributed by atoms with Crippen molar-refractivity contribution in [3.8, 4) is 0 Å². The second-order valence-corrected chi connectivity index (χ2v) is 6.36. The predicted molar refractivity (Wildman–Crippen MR) is 77.3 cm³/mol. The summed E-state index contributed by atoms with van der Waals surface area (Å²) >= 11 is 2.04. The molecule has 2 aromatic carbocycles. The smallest absolute Gasteiger partial charge is 0.0427 e. The zero-order valence-electron chi connectivity index (χ0n) is 10.1. The van der Waals surface area contributed by atoms with Gasteiger partial charge in [-0.1, -0.05) is 36.4 Å². The van der Waals surface area contributed by atoms with Crippen molar-refractivity contribution in [2.45, 2.75) is 29.0 Å². The Bertz CT molecular complexity index is 490. The molecule has 2 aromatic rings. The van der Waals surface area contributed by atoms with Crippen LogP contribution in [0.3, 0.4) is 0 Å². The maximum atomic E-state index is 3.69. The average Bonchev–Trinajstić information content (AvgIpc) is 3.02. The fraction of sp³-hybridized carbons (Fsp3) is 0.250. The normalized spacial score (nSPS) is 24.4. The first-order valence-corrected chi connectivity index (χ1v) is 7.37. The zero-order valence-corrected chi connectivity index (χ0v) is 10.9. The minimum Gasteiger partial charge on any atom is -0.381 e. The summed E-state index contributed by atoms with van der Waals surface area (Å²) in [6, 6.07) is 18.1. The largest absolute Gasteiger partial charge is 0.381 e. The molecule has 0 fully saturated rings. The molecule has 2 heteroatoms. The highest BCUT2D eigenvalue weighted by Crippen LogP contribution is 2.41. The Kier molecular flexibility index (Phi) is 2.37. The van der Waals surface area contributed by atoms with Crippen molar-refractivity contribution in [3.05, 3.63) is 59.7 Å². The van der Waals surface area contributed by atoms with Crippen molar-refractivity contribution >= 4 is 17.4 Å². The maximum absolute atomic E-state index is 3.69. The van der Waals surface area contributed by atoms with Crippen molar-refractivity contribution in [3.63, 3.8) is 0 Å². The van der Waals surface area contributed by atoms with Gasteiger partial charge in [-0.2, -0.15) is 0 Å². The van der Waals surface area contributed by atoms with Gasteiger partial charge in [0.2, 0.25) is 0 Å².